The first-order valence-electron chi connectivity index (χ1n) is 29.1. The van der Waals surface area contributed by atoms with Crippen LogP contribution in [0.5, 0.6) is 0 Å². The Balaban J connectivity index is -0.000000358. The summed E-state index contributed by atoms with van der Waals surface area (Å²) in [7, 11) is -36.3. The molecule has 1 N–H and O–H groups in total. The molecule has 0 aliphatic rings. The Morgan fingerprint density at radius 3 is 0.772 bits per heavy atom. The SMILES string of the molecule is C.Fc1ccc(S)c(F)c1.Fc1ccc(SC(F)(F)C(F)(F)Br)c(F)c1.O=C(O)C(F)(F)F.O=S(=O)(Cl)C(F)(F)C(F)(F)Sc1ccc(F)cc1F.O=S(=O)(F)C(F)(F)C(F)(F)S(=O)(=O)c1ccc(F)cc1F.O=S(=O)(F)C(F)(F)C(F)(F)Sc1ccc(F)cc1F.O=S(=O)([O-])C(F)(F)C(F)(F)S(=O)(=O)c1ccc(F)cc1F.O=S([O-])C(F)(F)C(F)(F)Sc1ccc(F)cc1F.[Li+].[Na+].[Na+].[O-]Cl. The molecule has 7 aromatic rings. The topological polar surface area (TPSA) is 328 Å². The van der Waals surface area contributed by atoms with Gasteiger partial charge in [0.1, 0.15) is 91.2 Å². The van der Waals surface area contributed by atoms with E-state index in [2.05, 4.69) is 35.2 Å². The van der Waals surface area contributed by atoms with Crippen molar-refractivity contribution in [1.29, 1.82) is 0 Å². The first-order valence-corrected chi connectivity index (χ1v) is 44.4. The molecular formula is C57H27BrCl2F43LiNa2O18S12. The summed E-state index contributed by atoms with van der Waals surface area (Å²) in [5.41, 5.74) is 0. The minimum absolute atomic E-state index is 0. The molecule has 0 radical (unpaired) electrons. The number of carboxylic acid groups (broad SMARTS) is 1. The molecule has 0 amide bonds. The largest absolute Gasteiger partial charge is 1.00 e. The van der Waals surface area contributed by atoms with Gasteiger partial charge >= 0.3 is 182 Å². The second kappa shape index (κ2) is 53.3. The van der Waals surface area contributed by atoms with Gasteiger partial charge in [0.25, 0.3) is 19.7 Å². The van der Waals surface area contributed by atoms with Gasteiger partial charge in [-0.1, -0.05) is 15.2 Å². The first kappa shape index (κ1) is 143. The summed E-state index contributed by atoms with van der Waals surface area (Å²) in [5.74, 6) is -21.4. The quantitative estimate of drug-likeness (QED) is 0.00691. The molecule has 0 fully saturated rings. The number of rotatable bonds is 23. The van der Waals surface area contributed by atoms with E-state index in [0.717, 1.165) is 12.1 Å². The molecule has 136 heavy (non-hydrogen) atoms. The van der Waals surface area contributed by atoms with Crippen LogP contribution in [-0.2, 0) is 75.2 Å². The van der Waals surface area contributed by atoms with Crippen molar-refractivity contribution in [3.63, 3.8) is 0 Å². The van der Waals surface area contributed by atoms with Crippen molar-refractivity contribution in [2.75, 3.05) is 0 Å². The van der Waals surface area contributed by atoms with Crippen LogP contribution in [0, 0.1) is 81.4 Å². The molecule has 18 nitrogen and oxygen atoms in total. The van der Waals surface area contributed by atoms with Gasteiger partial charge < -0.3 is 18.9 Å². The van der Waals surface area contributed by atoms with Gasteiger partial charge in [-0.05, 0) is 148 Å². The Kier molecular flexibility index (Phi) is 56.0. The van der Waals surface area contributed by atoms with E-state index < -0.39 is 303 Å². The van der Waals surface area contributed by atoms with Crippen LogP contribution in [0.4, 0.5) is 188 Å². The van der Waals surface area contributed by atoms with Gasteiger partial charge in [0.15, 0.2) is 10.1 Å². The van der Waals surface area contributed by atoms with Gasteiger partial charge in [-0.25, -0.2) is 112 Å². The summed E-state index contributed by atoms with van der Waals surface area (Å²) >= 11 is 0.219. The van der Waals surface area contributed by atoms with E-state index in [4.69, 9.17) is 14.6 Å². The van der Waals surface area contributed by atoms with Gasteiger partial charge in [-0.2, -0.15) is 135 Å². The van der Waals surface area contributed by atoms with Crippen LogP contribution in [0.15, 0.2) is 162 Å². The summed E-state index contributed by atoms with van der Waals surface area (Å²) in [6.45, 7) is 0. The predicted molar refractivity (Wildman–Crippen MR) is 378 cm³/mol. The van der Waals surface area contributed by atoms with Crippen LogP contribution >= 0.6 is 98.2 Å². The zero-order valence-electron chi connectivity index (χ0n) is 62.3. The van der Waals surface area contributed by atoms with Crippen LogP contribution in [0.25, 0.3) is 0 Å². The maximum atomic E-state index is 13.3. The minimum atomic E-state index is -7.33. The van der Waals surface area contributed by atoms with Gasteiger partial charge in [-0.15, -0.1) is 12.6 Å². The fourth-order valence-electron chi connectivity index (χ4n) is 6.15. The molecule has 0 aliphatic heterocycles. The number of alkyl halides is 28. The summed E-state index contributed by atoms with van der Waals surface area (Å²) < 4.78 is 707. The van der Waals surface area contributed by atoms with Crippen molar-refractivity contribution in [3.05, 3.63) is 209 Å². The van der Waals surface area contributed by atoms with E-state index in [1.807, 2.05) is 0 Å². The van der Waals surface area contributed by atoms with Crippen molar-refractivity contribution in [1.82, 2.24) is 0 Å². The molecule has 7 rings (SSSR count). The van der Waals surface area contributed by atoms with Crippen LogP contribution in [0.3, 0.4) is 0 Å². The average molecular weight is 2410 g/mol. The number of hydrogen-bond donors (Lipinski definition) is 2. The monoisotopic (exact) mass is 2400 g/mol. The van der Waals surface area contributed by atoms with Gasteiger partial charge in [-0.3, -0.25) is 4.21 Å². The number of hydrogen-bond acceptors (Lipinski definition) is 22. The van der Waals surface area contributed by atoms with Gasteiger partial charge in [0.2, 0.25) is 0 Å². The van der Waals surface area contributed by atoms with Crippen molar-refractivity contribution >= 4 is 174 Å². The van der Waals surface area contributed by atoms with E-state index in [1.165, 1.54) is 22.0 Å². The molecule has 0 bridgehead atoms. The van der Waals surface area contributed by atoms with Gasteiger partial charge in [0, 0.05) is 88.7 Å². The molecule has 0 saturated carbocycles. The molecule has 0 aromatic heterocycles. The predicted octanol–water partition coefficient (Wildman–Crippen LogP) is 12.8. The van der Waals surface area contributed by atoms with E-state index in [1.54, 1.807) is 0 Å². The Morgan fingerprint density at radius 1 is 0.360 bits per heavy atom. The standard InChI is InChI=1S/C8H3BrF6S.C8H3ClF6O2S2.C8H3F7O4S2.C8H3F7O2S2.C8H4F6O5S2.C8H4F6O2S2.C6H4F2S.C2HF3O2.CH4.ClO.Li.2Na/c9-7(12,13)8(14,15)16-6-2-1-4(10)3-5(6)11;9-19(16,17)8(14,15)7(12,13)18-6-2-1-4(10)3-5(6)11;9-4-1-2-6(5(10)3-4)20(16,17)7(11,12)8(13,14)21(15,18)19;9-4-1-2-6(5(10)3-4)18-7(11,12)8(13,14)19(15,16)17;9-4-1-2-6(5(10)3-4)20(15,16)7(11,12)8(13,14)21(17,18)19;9-4-1-2-6(5(10)3-4)17-7(11,12)8(13,14)18(15)16;7-4-1-2-6(9)5(8)3-4;3-2(4,5)1(6)7;;1-2;;;/h1-3H;1-3H;1-3H;1-3H;1-3H,(H,17,18,19);1-3H,(H,15,16);1-3,9H;(H,6,7);1H4;;;;/q;;;;;;;;;-1;3*+1/p-2. The zero-order valence-corrected chi connectivity index (χ0v) is 79.3. The first-order chi connectivity index (χ1) is 58.4. The smallest absolute Gasteiger partial charge is 0.769 e. The van der Waals surface area contributed by atoms with Gasteiger partial charge in [0.05, 0.1) is 0 Å². The van der Waals surface area contributed by atoms with E-state index in [9.17, 15) is 252 Å². The van der Waals surface area contributed by atoms with Crippen molar-refractivity contribution in [2.24, 2.45) is 0 Å². The molecule has 0 spiro atoms. The molecular weight excluding hydrogens is 2380 g/mol. The fraction of sp³-hybridized carbons (Fsp3) is 0.246. The van der Waals surface area contributed by atoms with Crippen LogP contribution in [0.1, 0.15) is 7.43 Å². The molecule has 79 heteroatoms. The summed E-state index contributed by atoms with van der Waals surface area (Å²) in [5, 5.41) is -56.4. The molecule has 760 valence electrons. The summed E-state index contributed by atoms with van der Waals surface area (Å²) in [4.78, 5) is -3.58. The third kappa shape index (κ3) is 37.9. The maximum Gasteiger partial charge on any atom is 1.00 e. The number of carbonyl (C=O) groups is 1. The maximum absolute atomic E-state index is 13.3. The van der Waals surface area contributed by atoms with E-state index in [0.29, 0.717) is 54.6 Å². The minimum Gasteiger partial charge on any atom is -0.769 e. The van der Waals surface area contributed by atoms with E-state index in [-0.39, 0.29) is 145 Å². The molecule has 0 aliphatic carbocycles. The zero-order chi connectivity index (χ0) is 105. The molecule has 0 heterocycles. The number of thioether (sulfide) groups is 4. The summed E-state index contributed by atoms with van der Waals surface area (Å²) in [6.07, 6.45) is -5.08. The molecule has 0 saturated heterocycles. The number of carboxylic acids is 1. The van der Waals surface area contributed by atoms with Crippen LogP contribution < -0.4 is 82.6 Å². The number of thiol groups is 1. The second-order valence-corrected chi connectivity index (χ2v) is 39.3. The van der Waals surface area contributed by atoms with Crippen molar-refractivity contribution in [3.8, 4) is 0 Å². The van der Waals surface area contributed by atoms with Crippen LogP contribution in [-0.4, -0.2) is 144 Å². The van der Waals surface area contributed by atoms with E-state index >= 15 is 0 Å². The number of sulfone groups is 2. The number of benzene rings is 7. The Morgan fingerprint density at radius 2 is 0.574 bits per heavy atom. The second-order valence-electron chi connectivity index (χ2n) is 21.4. The molecule has 1 unspecified atom stereocenters. The van der Waals surface area contributed by atoms with Crippen molar-refractivity contribution in [2.45, 2.75) is 111 Å². The van der Waals surface area contributed by atoms with Crippen LogP contribution in [0.2, 0.25) is 0 Å². The third-order valence-electron chi connectivity index (χ3n) is 12.2. The Labute approximate surface area is 830 Å². The number of aliphatic carboxylic acids is 1. The molecule has 1 atom stereocenters. The normalized spacial score (nSPS) is 12.9. The average Bonchev–Trinajstić information content (AvgIpc) is 0.729. The Bertz CT molecular complexity index is 5740. The Hall–Kier alpha value is -3.86. The fourth-order valence-corrected chi connectivity index (χ4v) is 15.8. The number of halogens is 46. The van der Waals surface area contributed by atoms with Crippen molar-refractivity contribution < 1.29 is 344 Å². The third-order valence-corrected chi connectivity index (χ3v) is 26.6. The summed E-state index contributed by atoms with van der Waals surface area (Å²) in [6, 6.07) is 8.10. The molecule has 7 aromatic carbocycles.